The zero-order chi connectivity index (χ0) is 7.44. The largest absolute Gasteiger partial charge is 0.360 e. The molecule has 5 nitrogen and oxygen atoms in total. The molecule has 0 aromatic heterocycles. The Morgan fingerprint density at radius 2 is 2.33 bits per heavy atom. The molecule has 52 valence electrons. The average Bonchev–Trinajstić information content (AvgIpc) is 1.84. The Hall–Kier alpha value is -0.910. The van der Waals surface area contributed by atoms with Gasteiger partial charge in [-0.15, -0.1) is 0 Å². The molecule has 0 rings (SSSR count). The summed E-state index contributed by atoms with van der Waals surface area (Å²) in [6.45, 7) is 3.13. The number of carbonyl (C=O) groups is 1. The van der Waals surface area contributed by atoms with Gasteiger partial charge in [0.05, 0.1) is 0 Å². The van der Waals surface area contributed by atoms with E-state index in [1.54, 1.807) is 0 Å². The first kappa shape index (κ1) is 8.09. The number of nitrogens with two attached hydrogens (primary N) is 2. The highest BCUT2D eigenvalue weighted by molar-refractivity contribution is 5.86. The Labute approximate surface area is 52.5 Å². The van der Waals surface area contributed by atoms with Gasteiger partial charge in [0.25, 0.3) is 5.91 Å². The minimum atomic E-state index is -1.46. The highest BCUT2D eigenvalue weighted by Crippen LogP contribution is 1.81. The summed E-state index contributed by atoms with van der Waals surface area (Å²) >= 11 is 0. The van der Waals surface area contributed by atoms with Gasteiger partial charge >= 0.3 is 0 Å². The van der Waals surface area contributed by atoms with Gasteiger partial charge in [-0.3, -0.25) is 10.5 Å². The zero-order valence-electron chi connectivity index (χ0n) is 4.82. The monoisotopic (exact) mass is 131 g/mol. The van der Waals surface area contributed by atoms with Gasteiger partial charge in [-0.1, -0.05) is 6.58 Å². The number of nitrogens with zero attached hydrogens (tertiary/aromatic N) is 1. The van der Waals surface area contributed by atoms with Gasteiger partial charge in [0.15, 0.2) is 6.35 Å². The molecule has 9 heavy (non-hydrogen) atoms. The van der Waals surface area contributed by atoms with Gasteiger partial charge in [0, 0.05) is 0 Å². The van der Waals surface area contributed by atoms with Crippen molar-refractivity contribution >= 4 is 5.91 Å². The van der Waals surface area contributed by atoms with Gasteiger partial charge in [-0.2, -0.15) is 0 Å². The van der Waals surface area contributed by atoms with Gasteiger partial charge in [0.1, 0.15) is 0 Å². The van der Waals surface area contributed by atoms with Crippen molar-refractivity contribution in [3.05, 3.63) is 12.7 Å². The highest BCUT2D eigenvalue weighted by Gasteiger charge is 2.09. The first-order valence-electron chi connectivity index (χ1n) is 2.23. The fraction of sp³-hybridized carbons (Fsp3) is 0.250. The van der Waals surface area contributed by atoms with Crippen molar-refractivity contribution < 1.29 is 9.90 Å². The molecule has 0 bridgehead atoms. The fourth-order valence-electron chi connectivity index (χ4n) is 0.236. The van der Waals surface area contributed by atoms with Crippen LogP contribution in [0.5, 0.6) is 0 Å². The van der Waals surface area contributed by atoms with Crippen molar-refractivity contribution in [2.75, 3.05) is 0 Å². The van der Waals surface area contributed by atoms with E-state index in [2.05, 4.69) is 6.58 Å². The molecular weight excluding hydrogens is 122 g/mol. The van der Waals surface area contributed by atoms with Crippen LogP contribution in [0.4, 0.5) is 0 Å². The lowest BCUT2D eigenvalue weighted by atomic mass is 10.6. The maximum atomic E-state index is 10.4. The Kier molecular flexibility index (Phi) is 2.86. The summed E-state index contributed by atoms with van der Waals surface area (Å²) in [4.78, 5) is 10.4. The molecular formula is C4H9N3O2. The lowest BCUT2D eigenvalue weighted by Gasteiger charge is -2.16. The molecule has 0 radical (unpaired) electrons. The van der Waals surface area contributed by atoms with Crippen molar-refractivity contribution in [2.45, 2.75) is 6.35 Å². The lowest BCUT2D eigenvalue weighted by Crippen LogP contribution is -2.49. The van der Waals surface area contributed by atoms with E-state index in [0.29, 0.717) is 5.01 Å². The van der Waals surface area contributed by atoms with Crippen molar-refractivity contribution in [1.29, 1.82) is 0 Å². The SMILES string of the molecule is C=CC(=O)N(N)[C@H](N)O. The van der Waals surface area contributed by atoms with Gasteiger partial charge in [0.2, 0.25) is 0 Å². The summed E-state index contributed by atoms with van der Waals surface area (Å²) in [6, 6.07) is 0. The van der Waals surface area contributed by atoms with Crippen molar-refractivity contribution in [3.63, 3.8) is 0 Å². The Bertz CT molecular complexity index is 123. The fourth-order valence-corrected chi connectivity index (χ4v) is 0.236. The zero-order valence-corrected chi connectivity index (χ0v) is 4.82. The maximum Gasteiger partial charge on any atom is 0.263 e. The second-order valence-corrected chi connectivity index (χ2v) is 1.36. The van der Waals surface area contributed by atoms with Crippen molar-refractivity contribution in [2.24, 2.45) is 11.6 Å². The van der Waals surface area contributed by atoms with Crippen LogP contribution in [-0.2, 0) is 4.79 Å². The summed E-state index contributed by atoms with van der Waals surface area (Å²) in [7, 11) is 0. The molecule has 0 aliphatic heterocycles. The molecule has 5 N–H and O–H groups in total. The number of amides is 1. The molecule has 0 unspecified atom stereocenters. The van der Waals surface area contributed by atoms with Crippen LogP contribution >= 0.6 is 0 Å². The number of hydrazine groups is 1. The summed E-state index contributed by atoms with van der Waals surface area (Å²) in [5.74, 6) is 4.29. The third kappa shape index (κ3) is 2.22. The standard InChI is InChI=1S/C4H9N3O2/c1-2-3(8)7(6)4(5)9/h2,4,9H,1,5-6H2/t4-/m0/s1. The van der Waals surface area contributed by atoms with E-state index in [1.165, 1.54) is 0 Å². The molecule has 0 aromatic carbocycles. The number of aliphatic hydroxyl groups is 1. The van der Waals surface area contributed by atoms with Crippen LogP contribution in [0.1, 0.15) is 0 Å². The third-order valence-corrected chi connectivity index (χ3v) is 0.714. The number of carbonyl (C=O) groups excluding carboxylic acids is 1. The number of aliphatic hydroxyl groups excluding tert-OH is 1. The van der Waals surface area contributed by atoms with E-state index in [0.717, 1.165) is 6.08 Å². The van der Waals surface area contributed by atoms with Gasteiger partial charge in [-0.25, -0.2) is 10.9 Å². The normalized spacial score (nSPS) is 12.3. The summed E-state index contributed by atoms with van der Waals surface area (Å²) in [5, 5.41) is 8.90. The molecule has 0 saturated heterocycles. The topological polar surface area (TPSA) is 92.6 Å². The summed E-state index contributed by atoms with van der Waals surface area (Å²) in [5.41, 5.74) is 4.80. The minimum absolute atomic E-state index is 0.465. The van der Waals surface area contributed by atoms with Crippen molar-refractivity contribution in [3.8, 4) is 0 Å². The molecule has 0 aliphatic carbocycles. The van der Waals surface area contributed by atoms with E-state index in [9.17, 15) is 4.79 Å². The Morgan fingerprint density at radius 1 is 1.89 bits per heavy atom. The van der Waals surface area contributed by atoms with Crippen LogP contribution in [-0.4, -0.2) is 22.4 Å². The average molecular weight is 131 g/mol. The molecule has 0 aromatic rings. The molecule has 1 amide bonds. The molecule has 1 atom stereocenters. The molecule has 0 fully saturated rings. The summed E-state index contributed by atoms with van der Waals surface area (Å²) in [6.07, 6.45) is -0.508. The highest BCUT2D eigenvalue weighted by atomic mass is 16.3. The predicted octanol–water partition coefficient (Wildman–Crippen LogP) is -1.89. The first-order valence-corrected chi connectivity index (χ1v) is 2.23. The van der Waals surface area contributed by atoms with Crippen LogP contribution in [0.3, 0.4) is 0 Å². The quantitative estimate of drug-likeness (QED) is 0.134. The van der Waals surface area contributed by atoms with Crippen LogP contribution in [0.2, 0.25) is 0 Å². The van der Waals surface area contributed by atoms with Crippen LogP contribution in [0.25, 0.3) is 0 Å². The minimum Gasteiger partial charge on any atom is -0.360 e. The van der Waals surface area contributed by atoms with Crippen molar-refractivity contribution in [1.82, 2.24) is 5.01 Å². The van der Waals surface area contributed by atoms with E-state index >= 15 is 0 Å². The predicted molar refractivity (Wildman–Crippen MR) is 31.4 cm³/mol. The number of rotatable bonds is 2. The molecule has 5 heteroatoms. The molecule has 0 saturated carbocycles. The Balaban J connectivity index is 3.87. The van der Waals surface area contributed by atoms with E-state index in [1.807, 2.05) is 0 Å². The first-order chi connectivity index (χ1) is 4.09. The second-order valence-electron chi connectivity index (χ2n) is 1.36. The Morgan fingerprint density at radius 3 is 2.44 bits per heavy atom. The summed E-state index contributed by atoms with van der Waals surface area (Å²) < 4.78 is 0. The van der Waals surface area contributed by atoms with Crippen LogP contribution in [0, 0.1) is 0 Å². The lowest BCUT2D eigenvalue weighted by molar-refractivity contribution is -0.135. The van der Waals surface area contributed by atoms with Gasteiger partial charge in [-0.05, 0) is 6.08 Å². The van der Waals surface area contributed by atoms with Gasteiger partial charge < -0.3 is 5.11 Å². The molecule has 0 heterocycles. The second kappa shape index (κ2) is 3.18. The smallest absolute Gasteiger partial charge is 0.263 e. The third-order valence-electron chi connectivity index (χ3n) is 0.714. The van der Waals surface area contributed by atoms with E-state index < -0.39 is 12.3 Å². The maximum absolute atomic E-state index is 10.4. The van der Waals surface area contributed by atoms with Crippen LogP contribution < -0.4 is 11.6 Å². The molecule has 0 aliphatic rings. The number of hydrogen-bond donors (Lipinski definition) is 3. The van der Waals surface area contributed by atoms with E-state index in [4.69, 9.17) is 16.7 Å². The van der Waals surface area contributed by atoms with Crippen LogP contribution in [0.15, 0.2) is 12.7 Å². The number of hydrogen-bond acceptors (Lipinski definition) is 4. The molecule has 0 spiro atoms. The van der Waals surface area contributed by atoms with E-state index in [-0.39, 0.29) is 0 Å².